The predicted octanol–water partition coefficient (Wildman–Crippen LogP) is 4.31. The number of hydrogen-bond acceptors (Lipinski definition) is 4. The van der Waals surface area contributed by atoms with E-state index in [0.717, 1.165) is 18.6 Å². The number of carbonyl (C=O) groups is 1. The molecule has 1 aromatic heterocycles. The number of aromatic nitrogens is 1. The Labute approximate surface area is 164 Å². The van der Waals surface area contributed by atoms with Crippen molar-refractivity contribution < 1.29 is 9.53 Å². The minimum Gasteiger partial charge on any atom is -0.439 e. The minimum atomic E-state index is -0.500. The fourth-order valence-electron chi connectivity index (χ4n) is 3.68. The number of rotatable bonds is 6. The average molecular weight is 373 g/mol. The van der Waals surface area contributed by atoms with Crippen LogP contribution >= 0.6 is 0 Å². The SMILES string of the molecule is CC(NC1CCc2cc(Oc3ccc(C(N)=O)cn3)ccc21)c1ccccc1. The van der Waals surface area contributed by atoms with Crippen molar-refractivity contribution in [1.82, 2.24) is 10.3 Å². The maximum Gasteiger partial charge on any atom is 0.250 e. The first-order chi connectivity index (χ1) is 13.6. The molecule has 1 heterocycles. The summed E-state index contributed by atoms with van der Waals surface area (Å²) < 4.78 is 5.84. The summed E-state index contributed by atoms with van der Waals surface area (Å²) in [5.41, 5.74) is 9.51. The number of pyridine rings is 1. The van der Waals surface area contributed by atoms with Crippen LogP contribution in [0.4, 0.5) is 0 Å². The number of hydrogen-bond donors (Lipinski definition) is 2. The van der Waals surface area contributed by atoms with E-state index in [4.69, 9.17) is 10.5 Å². The Balaban J connectivity index is 1.45. The van der Waals surface area contributed by atoms with Gasteiger partial charge in [-0.1, -0.05) is 36.4 Å². The summed E-state index contributed by atoms with van der Waals surface area (Å²) >= 11 is 0. The Morgan fingerprint density at radius 1 is 1.18 bits per heavy atom. The number of fused-ring (bicyclic) bond motifs is 1. The van der Waals surface area contributed by atoms with Gasteiger partial charge >= 0.3 is 0 Å². The van der Waals surface area contributed by atoms with Crippen molar-refractivity contribution in [3.05, 3.63) is 89.1 Å². The number of benzene rings is 2. The van der Waals surface area contributed by atoms with Crippen LogP contribution in [0.1, 0.15) is 52.5 Å². The van der Waals surface area contributed by atoms with E-state index < -0.39 is 5.91 Å². The van der Waals surface area contributed by atoms with Crippen molar-refractivity contribution in [3.63, 3.8) is 0 Å². The topological polar surface area (TPSA) is 77.2 Å². The largest absolute Gasteiger partial charge is 0.439 e. The third-order valence-corrected chi connectivity index (χ3v) is 5.19. The number of nitrogens with zero attached hydrogens (tertiary/aromatic N) is 1. The van der Waals surface area contributed by atoms with E-state index in [1.807, 2.05) is 12.1 Å². The highest BCUT2D eigenvalue weighted by molar-refractivity contribution is 5.92. The lowest BCUT2D eigenvalue weighted by atomic mass is 10.0. The number of ether oxygens (including phenoxy) is 1. The number of carbonyl (C=O) groups excluding carboxylic acids is 1. The van der Waals surface area contributed by atoms with Crippen molar-refractivity contribution in [2.24, 2.45) is 5.73 Å². The molecule has 1 amide bonds. The molecule has 0 aliphatic heterocycles. The van der Waals surface area contributed by atoms with Crippen molar-refractivity contribution in [3.8, 4) is 11.6 Å². The van der Waals surface area contributed by atoms with Crippen LogP contribution < -0.4 is 15.8 Å². The van der Waals surface area contributed by atoms with Gasteiger partial charge in [0.1, 0.15) is 5.75 Å². The van der Waals surface area contributed by atoms with Gasteiger partial charge < -0.3 is 15.8 Å². The summed E-state index contributed by atoms with van der Waals surface area (Å²) in [7, 11) is 0. The Bertz CT molecular complexity index is 971. The van der Waals surface area contributed by atoms with Crippen molar-refractivity contribution in [2.45, 2.75) is 31.8 Å². The molecule has 4 rings (SSSR count). The molecule has 2 unspecified atom stereocenters. The molecule has 142 valence electrons. The first-order valence-electron chi connectivity index (χ1n) is 9.47. The molecule has 0 saturated carbocycles. The molecule has 5 nitrogen and oxygen atoms in total. The van der Waals surface area contributed by atoms with Crippen LogP contribution in [0.25, 0.3) is 0 Å². The zero-order valence-corrected chi connectivity index (χ0v) is 15.8. The monoisotopic (exact) mass is 373 g/mol. The molecule has 0 saturated heterocycles. The molecular weight excluding hydrogens is 350 g/mol. The fraction of sp³-hybridized carbons (Fsp3) is 0.217. The summed E-state index contributed by atoms with van der Waals surface area (Å²) in [6.07, 6.45) is 3.51. The first kappa shape index (κ1) is 18.2. The van der Waals surface area contributed by atoms with Crippen LogP contribution in [-0.2, 0) is 6.42 Å². The molecule has 0 spiro atoms. The molecule has 1 aliphatic carbocycles. The lowest BCUT2D eigenvalue weighted by Gasteiger charge is -2.21. The molecule has 2 aromatic carbocycles. The van der Waals surface area contributed by atoms with E-state index in [0.29, 0.717) is 23.5 Å². The molecule has 0 radical (unpaired) electrons. The zero-order valence-electron chi connectivity index (χ0n) is 15.8. The predicted molar refractivity (Wildman–Crippen MR) is 108 cm³/mol. The van der Waals surface area contributed by atoms with Gasteiger partial charge in [0.05, 0.1) is 5.56 Å². The van der Waals surface area contributed by atoms with Gasteiger partial charge in [0, 0.05) is 24.3 Å². The summed E-state index contributed by atoms with van der Waals surface area (Å²) in [6.45, 7) is 2.20. The van der Waals surface area contributed by atoms with Crippen molar-refractivity contribution >= 4 is 5.91 Å². The van der Waals surface area contributed by atoms with Gasteiger partial charge in [0.15, 0.2) is 0 Å². The maximum absolute atomic E-state index is 11.1. The van der Waals surface area contributed by atoms with Gasteiger partial charge in [0.2, 0.25) is 11.8 Å². The van der Waals surface area contributed by atoms with Crippen LogP contribution in [0.15, 0.2) is 66.9 Å². The van der Waals surface area contributed by atoms with Crippen LogP contribution in [0, 0.1) is 0 Å². The van der Waals surface area contributed by atoms with Gasteiger partial charge in [-0.3, -0.25) is 4.79 Å². The smallest absolute Gasteiger partial charge is 0.250 e. The van der Waals surface area contributed by atoms with Gasteiger partial charge in [-0.25, -0.2) is 4.98 Å². The quantitative estimate of drug-likeness (QED) is 0.675. The van der Waals surface area contributed by atoms with Crippen molar-refractivity contribution in [2.75, 3.05) is 0 Å². The highest BCUT2D eigenvalue weighted by Crippen LogP contribution is 2.36. The standard InChI is InChI=1S/C23H23N3O2/c1-15(16-5-3-2-4-6-16)26-21-11-7-17-13-19(9-10-20(17)21)28-22-12-8-18(14-25-22)23(24)27/h2-6,8-10,12-15,21,26H,7,11H2,1H3,(H2,24,27). The van der Waals surface area contributed by atoms with E-state index in [2.05, 4.69) is 53.6 Å². The molecule has 0 bridgehead atoms. The van der Waals surface area contributed by atoms with Crippen LogP contribution in [0.5, 0.6) is 11.6 Å². The van der Waals surface area contributed by atoms with Gasteiger partial charge in [-0.2, -0.15) is 0 Å². The number of amides is 1. The summed E-state index contributed by atoms with van der Waals surface area (Å²) in [6, 6.07) is 20.6. The second-order valence-electron chi connectivity index (χ2n) is 7.10. The van der Waals surface area contributed by atoms with Gasteiger partial charge in [-0.15, -0.1) is 0 Å². The van der Waals surface area contributed by atoms with Crippen molar-refractivity contribution in [1.29, 1.82) is 0 Å². The molecule has 28 heavy (non-hydrogen) atoms. The molecule has 5 heteroatoms. The second-order valence-corrected chi connectivity index (χ2v) is 7.10. The van der Waals surface area contributed by atoms with E-state index in [9.17, 15) is 4.79 Å². The van der Waals surface area contributed by atoms with E-state index in [-0.39, 0.29) is 0 Å². The fourth-order valence-corrected chi connectivity index (χ4v) is 3.68. The Hall–Kier alpha value is -3.18. The third kappa shape index (κ3) is 3.89. The molecule has 2 atom stereocenters. The normalized spacial score (nSPS) is 16.4. The van der Waals surface area contributed by atoms with Gasteiger partial charge in [0.25, 0.3) is 0 Å². The molecule has 3 N–H and O–H groups in total. The van der Waals surface area contributed by atoms with E-state index in [1.165, 1.54) is 22.9 Å². The molecule has 1 aliphatic rings. The molecule has 0 fully saturated rings. The lowest BCUT2D eigenvalue weighted by Crippen LogP contribution is -2.22. The zero-order chi connectivity index (χ0) is 19.5. The second kappa shape index (κ2) is 7.82. The highest BCUT2D eigenvalue weighted by atomic mass is 16.5. The first-order valence-corrected chi connectivity index (χ1v) is 9.47. The number of aryl methyl sites for hydroxylation is 1. The Morgan fingerprint density at radius 3 is 2.71 bits per heavy atom. The summed E-state index contributed by atoms with van der Waals surface area (Å²) in [5, 5.41) is 3.74. The van der Waals surface area contributed by atoms with Crippen LogP contribution in [-0.4, -0.2) is 10.9 Å². The molecular formula is C23H23N3O2. The average Bonchev–Trinajstić information content (AvgIpc) is 3.11. The summed E-state index contributed by atoms with van der Waals surface area (Å²) in [5.74, 6) is 0.685. The number of nitrogens with two attached hydrogens (primary N) is 1. The third-order valence-electron chi connectivity index (χ3n) is 5.19. The maximum atomic E-state index is 11.1. The summed E-state index contributed by atoms with van der Waals surface area (Å²) in [4.78, 5) is 15.3. The van der Waals surface area contributed by atoms with Crippen LogP contribution in [0.2, 0.25) is 0 Å². The number of primary amides is 1. The van der Waals surface area contributed by atoms with E-state index in [1.54, 1.807) is 12.1 Å². The van der Waals surface area contributed by atoms with Crippen LogP contribution in [0.3, 0.4) is 0 Å². The van der Waals surface area contributed by atoms with Gasteiger partial charge in [-0.05, 0) is 54.7 Å². The number of nitrogens with one attached hydrogen (secondary N) is 1. The minimum absolute atomic E-state index is 0.293. The van der Waals surface area contributed by atoms with E-state index >= 15 is 0 Å². The molecule has 3 aromatic rings. The Morgan fingerprint density at radius 2 is 2.00 bits per heavy atom. The Kier molecular flexibility index (Phi) is 5.08. The lowest BCUT2D eigenvalue weighted by molar-refractivity contribution is 0.1000. The highest BCUT2D eigenvalue weighted by Gasteiger charge is 2.24.